The minimum Gasteiger partial charge on any atom is -0.292 e. The summed E-state index contributed by atoms with van der Waals surface area (Å²) in [6.45, 7) is 0. The summed E-state index contributed by atoms with van der Waals surface area (Å²) in [4.78, 5) is 42.5. The number of hydrazone groups is 1. The van der Waals surface area contributed by atoms with Gasteiger partial charge in [-0.3, -0.25) is 19.4 Å². The molecule has 3 heterocycles. The fourth-order valence-electron chi connectivity index (χ4n) is 5.31. The highest BCUT2D eigenvalue weighted by molar-refractivity contribution is 9.10. The SMILES string of the molecule is O=C(c1ccccc1)C1C2C(=O)N(c3cccc(Br)c3)C(=O)C2C2c3ccccc3C=NN12. The predicted molar refractivity (Wildman–Crippen MR) is 127 cm³/mol. The molecule has 6 nitrogen and oxygen atoms in total. The molecule has 2 fully saturated rings. The number of hydrogen-bond acceptors (Lipinski definition) is 5. The van der Waals surface area contributed by atoms with Gasteiger partial charge in [0.05, 0.1) is 29.8 Å². The largest absolute Gasteiger partial charge is 0.292 e. The molecule has 6 rings (SSSR count). The fourth-order valence-corrected chi connectivity index (χ4v) is 5.70. The Kier molecular flexibility index (Phi) is 4.55. The summed E-state index contributed by atoms with van der Waals surface area (Å²) in [5, 5.41) is 6.26. The smallest absolute Gasteiger partial charge is 0.240 e. The Balaban J connectivity index is 1.51. The van der Waals surface area contributed by atoms with Crippen molar-refractivity contribution in [3.63, 3.8) is 0 Å². The van der Waals surface area contributed by atoms with Gasteiger partial charge in [0.15, 0.2) is 5.78 Å². The first-order valence-corrected chi connectivity index (χ1v) is 11.5. The number of nitrogens with zero attached hydrogens (tertiary/aromatic N) is 3. The average Bonchev–Trinajstić information content (AvgIpc) is 3.32. The molecule has 4 unspecified atom stereocenters. The van der Waals surface area contributed by atoms with Gasteiger partial charge in [-0.1, -0.05) is 76.6 Å². The van der Waals surface area contributed by atoms with Crippen LogP contribution in [-0.2, 0) is 9.59 Å². The third-order valence-electron chi connectivity index (χ3n) is 6.69. The van der Waals surface area contributed by atoms with Gasteiger partial charge in [0.25, 0.3) is 0 Å². The minimum absolute atomic E-state index is 0.207. The Morgan fingerprint density at radius 2 is 1.58 bits per heavy atom. The second kappa shape index (κ2) is 7.49. The molecule has 2 saturated heterocycles. The molecule has 7 heteroatoms. The van der Waals surface area contributed by atoms with Gasteiger partial charge >= 0.3 is 0 Å². The standard InChI is InChI=1S/C26H18BrN3O3/c27-17-10-6-11-18(13-17)29-25(32)20-21(26(29)33)23(24(31)15-7-2-1-3-8-15)30-22(20)19-12-5-4-9-16(19)14-28-30/h1-14,20-23H. The van der Waals surface area contributed by atoms with E-state index in [1.165, 1.54) is 4.90 Å². The zero-order chi connectivity index (χ0) is 22.7. The maximum Gasteiger partial charge on any atom is 0.240 e. The number of imide groups is 1. The lowest BCUT2D eigenvalue weighted by atomic mass is 9.83. The highest BCUT2D eigenvalue weighted by Gasteiger charge is 2.65. The minimum atomic E-state index is -0.861. The van der Waals surface area contributed by atoms with Crippen LogP contribution in [-0.4, -0.2) is 34.9 Å². The van der Waals surface area contributed by atoms with Crippen LogP contribution in [0, 0.1) is 11.8 Å². The Morgan fingerprint density at radius 3 is 2.36 bits per heavy atom. The highest BCUT2D eigenvalue weighted by Crippen LogP contribution is 2.53. The second-order valence-electron chi connectivity index (χ2n) is 8.42. The number of carbonyl (C=O) groups is 3. The first-order valence-electron chi connectivity index (χ1n) is 10.7. The van der Waals surface area contributed by atoms with E-state index in [9.17, 15) is 14.4 Å². The summed E-state index contributed by atoms with van der Waals surface area (Å²) < 4.78 is 0.767. The fraction of sp³-hybridized carbons (Fsp3) is 0.154. The summed E-state index contributed by atoms with van der Waals surface area (Å²) in [6.07, 6.45) is 1.71. The topological polar surface area (TPSA) is 70.0 Å². The first kappa shape index (κ1) is 20.1. The van der Waals surface area contributed by atoms with Crippen molar-refractivity contribution in [2.45, 2.75) is 12.1 Å². The summed E-state index contributed by atoms with van der Waals surface area (Å²) in [6, 6.07) is 22.4. The van der Waals surface area contributed by atoms with Crippen LogP contribution in [0.25, 0.3) is 0 Å². The number of hydrogen-bond donors (Lipinski definition) is 0. The molecule has 162 valence electrons. The predicted octanol–water partition coefficient (Wildman–Crippen LogP) is 4.21. The second-order valence-corrected chi connectivity index (χ2v) is 9.33. The summed E-state index contributed by atoms with van der Waals surface area (Å²) >= 11 is 3.42. The van der Waals surface area contributed by atoms with E-state index < -0.39 is 23.9 Å². The number of carbonyl (C=O) groups excluding carboxylic acids is 3. The zero-order valence-corrected chi connectivity index (χ0v) is 18.9. The lowest BCUT2D eigenvalue weighted by Crippen LogP contribution is -2.44. The number of Topliss-reactive ketones (excluding diaryl/α,β-unsaturated/α-hetero) is 1. The number of halogens is 1. The molecule has 2 amide bonds. The van der Waals surface area contributed by atoms with E-state index in [1.54, 1.807) is 53.7 Å². The van der Waals surface area contributed by atoms with Crippen LogP contribution in [0.5, 0.6) is 0 Å². The Bertz CT molecular complexity index is 1340. The maximum atomic E-state index is 13.8. The van der Waals surface area contributed by atoms with Crippen LogP contribution < -0.4 is 4.90 Å². The van der Waals surface area contributed by atoms with E-state index in [2.05, 4.69) is 21.0 Å². The van der Waals surface area contributed by atoms with E-state index in [0.717, 1.165) is 15.6 Å². The molecular formula is C26H18BrN3O3. The monoisotopic (exact) mass is 499 g/mol. The molecule has 0 bridgehead atoms. The van der Waals surface area contributed by atoms with Crippen LogP contribution in [0.2, 0.25) is 0 Å². The molecular weight excluding hydrogens is 482 g/mol. The summed E-state index contributed by atoms with van der Waals surface area (Å²) in [5.74, 6) is -2.39. The Hall–Kier alpha value is -3.58. The molecule has 3 aromatic carbocycles. The van der Waals surface area contributed by atoms with Crippen molar-refractivity contribution in [2.75, 3.05) is 4.90 Å². The normalized spacial score (nSPS) is 25.1. The molecule has 0 aliphatic carbocycles. The van der Waals surface area contributed by atoms with E-state index in [-0.39, 0.29) is 17.6 Å². The molecule has 0 N–H and O–H groups in total. The van der Waals surface area contributed by atoms with Gasteiger partial charge in [-0.2, -0.15) is 5.10 Å². The van der Waals surface area contributed by atoms with Crippen molar-refractivity contribution in [3.05, 3.63) is 100 Å². The lowest BCUT2D eigenvalue weighted by molar-refractivity contribution is -0.124. The molecule has 4 atom stereocenters. The van der Waals surface area contributed by atoms with Gasteiger partial charge in [-0.15, -0.1) is 0 Å². The van der Waals surface area contributed by atoms with E-state index in [4.69, 9.17) is 0 Å². The third-order valence-corrected chi connectivity index (χ3v) is 7.18. The zero-order valence-electron chi connectivity index (χ0n) is 17.3. The number of rotatable bonds is 3. The summed E-state index contributed by atoms with van der Waals surface area (Å²) in [7, 11) is 0. The maximum absolute atomic E-state index is 13.8. The van der Waals surface area contributed by atoms with E-state index in [0.29, 0.717) is 11.3 Å². The average molecular weight is 500 g/mol. The van der Waals surface area contributed by atoms with Crippen LogP contribution in [0.15, 0.2) is 88.4 Å². The quantitative estimate of drug-likeness (QED) is 0.399. The van der Waals surface area contributed by atoms with E-state index in [1.807, 2.05) is 36.4 Å². The molecule has 33 heavy (non-hydrogen) atoms. The van der Waals surface area contributed by atoms with Crippen LogP contribution in [0.1, 0.15) is 27.5 Å². The molecule has 0 spiro atoms. The summed E-state index contributed by atoms with van der Waals surface area (Å²) in [5.41, 5.74) is 2.80. The van der Waals surface area contributed by atoms with Crippen molar-refractivity contribution in [2.24, 2.45) is 16.9 Å². The van der Waals surface area contributed by atoms with Crippen molar-refractivity contribution in [3.8, 4) is 0 Å². The molecule has 3 aliphatic rings. The molecule has 0 radical (unpaired) electrons. The van der Waals surface area contributed by atoms with Crippen molar-refractivity contribution in [1.82, 2.24) is 5.01 Å². The van der Waals surface area contributed by atoms with Crippen molar-refractivity contribution >= 4 is 45.4 Å². The first-order chi connectivity index (χ1) is 16.1. The third kappa shape index (κ3) is 2.92. The highest BCUT2D eigenvalue weighted by atomic mass is 79.9. The molecule has 0 aromatic heterocycles. The molecule has 0 saturated carbocycles. The van der Waals surface area contributed by atoms with Crippen molar-refractivity contribution in [1.29, 1.82) is 0 Å². The number of fused-ring (bicyclic) bond motifs is 5. The van der Waals surface area contributed by atoms with Crippen LogP contribution in [0.4, 0.5) is 5.69 Å². The lowest BCUT2D eigenvalue weighted by Gasteiger charge is -2.33. The van der Waals surface area contributed by atoms with Crippen LogP contribution >= 0.6 is 15.9 Å². The van der Waals surface area contributed by atoms with Gasteiger partial charge in [0.2, 0.25) is 11.8 Å². The number of amides is 2. The van der Waals surface area contributed by atoms with Crippen molar-refractivity contribution < 1.29 is 14.4 Å². The van der Waals surface area contributed by atoms with Crippen LogP contribution in [0.3, 0.4) is 0 Å². The van der Waals surface area contributed by atoms with Gasteiger partial charge in [0.1, 0.15) is 6.04 Å². The Labute approximate surface area is 198 Å². The Morgan fingerprint density at radius 1 is 0.848 bits per heavy atom. The number of anilines is 1. The van der Waals surface area contributed by atoms with E-state index >= 15 is 0 Å². The molecule has 3 aliphatic heterocycles. The van der Waals surface area contributed by atoms with Gasteiger partial charge in [0, 0.05) is 10.0 Å². The van der Waals surface area contributed by atoms with Gasteiger partial charge < -0.3 is 0 Å². The van der Waals surface area contributed by atoms with Gasteiger partial charge in [-0.25, -0.2) is 4.90 Å². The number of benzene rings is 3. The van der Waals surface area contributed by atoms with Gasteiger partial charge in [-0.05, 0) is 29.3 Å². The molecule has 3 aromatic rings. The number of ketones is 1.